The molecule has 2 unspecified atom stereocenters. The van der Waals surface area contributed by atoms with E-state index in [-0.39, 0.29) is 30.8 Å². The molecule has 6 heteroatoms. The number of nitrogens with zero attached hydrogens (tertiary/aromatic N) is 1. The monoisotopic (exact) mass is 315 g/mol. The van der Waals surface area contributed by atoms with Gasteiger partial charge in [0.05, 0.1) is 6.54 Å². The fraction of sp³-hybridized carbons (Fsp3) is 0.867. The number of amides is 2. The standard InChI is InChI=1S/C15H25N3O2.ClH/c19-14(16-10-15(20)18-5-1-2-6-18)9-11-7-12-3-4-13(8-11)17-12;/h11-13,17H,1-10H2,(H,16,19);1H. The van der Waals surface area contributed by atoms with Crippen LogP contribution in [0.4, 0.5) is 0 Å². The first-order valence-corrected chi connectivity index (χ1v) is 8.01. The second-order valence-electron chi connectivity index (χ2n) is 6.54. The van der Waals surface area contributed by atoms with Crippen molar-refractivity contribution < 1.29 is 9.59 Å². The van der Waals surface area contributed by atoms with Gasteiger partial charge in [0.1, 0.15) is 0 Å². The van der Waals surface area contributed by atoms with Gasteiger partial charge in [0, 0.05) is 31.6 Å². The number of halogens is 1. The van der Waals surface area contributed by atoms with E-state index in [2.05, 4.69) is 10.6 Å². The lowest BCUT2D eigenvalue weighted by Gasteiger charge is -2.28. The molecule has 3 aliphatic heterocycles. The molecule has 120 valence electrons. The first-order chi connectivity index (χ1) is 9.70. The van der Waals surface area contributed by atoms with E-state index in [0.29, 0.717) is 24.4 Å². The Hall–Kier alpha value is -0.810. The molecule has 3 fully saturated rings. The molecule has 2 atom stereocenters. The van der Waals surface area contributed by atoms with Crippen LogP contribution in [0.2, 0.25) is 0 Å². The van der Waals surface area contributed by atoms with Crippen molar-refractivity contribution in [1.82, 2.24) is 15.5 Å². The van der Waals surface area contributed by atoms with Gasteiger partial charge in [-0.3, -0.25) is 9.59 Å². The highest BCUT2D eigenvalue weighted by molar-refractivity contribution is 5.85. The van der Waals surface area contributed by atoms with Gasteiger partial charge in [-0.1, -0.05) is 0 Å². The molecular weight excluding hydrogens is 290 g/mol. The average molecular weight is 316 g/mol. The van der Waals surface area contributed by atoms with Crippen molar-refractivity contribution in [3.8, 4) is 0 Å². The zero-order chi connectivity index (χ0) is 13.9. The van der Waals surface area contributed by atoms with E-state index in [4.69, 9.17) is 0 Å². The summed E-state index contributed by atoms with van der Waals surface area (Å²) in [6.07, 6.45) is 7.53. The van der Waals surface area contributed by atoms with Gasteiger partial charge in [0.15, 0.2) is 0 Å². The molecule has 0 aliphatic carbocycles. The van der Waals surface area contributed by atoms with Gasteiger partial charge in [-0.25, -0.2) is 0 Å². The van der Waals surface area contributed by atoms with Crippen LogP contribution in [0.1, 0.15) is 44.9 Å². The van der Waals surface area contributed by atoms with E-state index < -0.39 is 0 Å². The molecule has 0 radical (unpaired) electrons. The van der Waals surface area contributed by atoms with Crippen LogP contribution >= 0.6 is 12.4 Å². The van der Waals surface area contributed by atoms with E-state index in [9.17, 15) is 9.59 Å². The zero-order valence-corrected chi connectivity index (χ0v) is 13.3. The Kier molecular flexibility index (Phi) is 5.88. The van der Waals surface area contributed by atoms with Gasteiger partial charge >= 0.3 is 0 Å². The number of carbonyl (C=O) groups is 2. The molecule has 2 amide bonds. The van der Waals surface area contributed by atoms with Gasteiger partial charge in [-0.15, -0.1) is 12.4 Å². The van der Waals surface area contributed by atoms with Crippen molar-refractivity contribution in [2.45, 2.75) is 57.0 Å². The fourth-order valence-electron chi connectivity index (χ4n) is 3.93. The minimum Gasteiger partial charge on any atom is -0.347 e. The molecule has 0 saturated carbocycles. The number of rotatable bonds is 4. The molecule has 3 saturated heterocycles. The smallest absolute Gasteiger partial charge is 0.241 e. The molecular formula is C15H26ClN3O2. The Morgan fingerprint density at radius 3 is 2.33 bits per heavy atom. The molecule has 0 aromatic heterocycles. The molecule has 21 heavy (non-hydrogen) atoms. The van der Waals surface area contributed by atoms with E-state index in [1.54, 1.807) is 0 Å². The van der Waals surface area contributed by atoms with Crippen LogP contribution in [0.5, 0.6) is 0 Å². The normalized spacial score (nSPS) is 30.9. The summed E-state index contributed by atoms with van der Waals surface area (Å²) in [4.78, 5) is 25.7. The summed E-state index contributed by atoms with van der Waals surface area (Å²) in [6.45, 7) is 1.88. The van der Waals surface area contributed by atoms with Crippen LogP contribution in [0.3, 0.4) is 0 Å². The van der Waals surface area contributed by atoms with Gasteiger partial charge in [0.2, 0.25) is 11.8 Å². The summed E-state index contributed by atoms with van der Waals surface area (Å²) < 4.78 is 0. The second kappa shape index (κ2) is 7.45. The Labute approximate surface area is 132 Å². The Morgan fingerprint density at radius 1 is 1.10 bits per heavy atom. The Balaban J connectivity index is 0.00000161. The summed E-state index contributed by atoms with van der Waals surface area (Å²) in [5.41, 5.74) is 0. The van der Waals surface area contributed by atoms with Crippen molar-refractivity contribution >= 4 is 24.2 Å². The maximum Gasteiger partial charge on any atom is 0.241 e. The van der Waals surface area contributed by atoms with Gasteiger partial charge in [-0.05, 0) is 44.4 Å². The van der Waals surface area contributed by atoms with E-state index in [0.717, 1.165) is 38.8 Å². The molecule has 5 nitrogen and oxygen atoms in total. The third-order valence-electron chi connectivity index (χ3n) is 4.94. The molecule has 0 spiro atoms. The quantitative estimate of drug-likeness (QED) is 0.816. The second-order valence-corrected chi connectivity index (χ2v) is 6.54. The van der Waals surface area contributed by atoms with Crippen LogP contribution in [-0.2, 0) is 9.59 Å². The largest absolute Gasteiger partial charge is 0.347 e. The van der Waals surface area contributed by atoms with Gasteiger partial charge in [-0.2, -0.15) is 0 Å². The number of nitrogens with one attached hydrogen (secondary N) is 2. The topological polar surface area (TPSA) is 61.4 Å². The molecule has 2 N–H and O–H groups in total. The lowest BCUT2D eigenvalue weighted by atomic mass is 9.89. The van der Waals surface area contributed by atoms with E-state index in [1.807, 2.05) is 4.90 Å². The summed E-state index contributed by atoms with van der Waals surface area (Å²) in [7, 11) is 0. The molecule has 2 bridgehead atoms. The number of hydrogen-bond donors (Lipinski definition) is 2. The van der Waals surface area contributed by atoms with E-state index in [1.165, 1.54) is 12.8 Å². The highest BCUT2D eigenvalue weighted by Gasteiger charge is 2.34. The number of fused-ring (bicyclic) bond motifs is 2. The number of likely N-dealkylation sites (tertiary alicyclic amines) is 1. The fourth-order valence-corrected chi connectivity index (χ4v) is 3.93. The summed E-state index contributed by atoms with van der Waals surface area (Å²) in [5.74, 6) is 0.612. The van der Waals surface area contributed by atoms with Crippen LogP contribution in [0, 0.1) is 5.92 Å². The first-order valence-electron chi connectivity index (χ1n) is 8.01. The lowest BCUT2D eigenvalue weighted by molar-refractivity contribution is -0.132. The maximum atomic E-state index is 12.0. The third kappa shape index (κ3) is 4.33. The molecule has 3 rings (SSSR count). The molecule has 0 aromatic carbocycles. The Morgan fingerprint density at radius 2 is 1.71 bits per heavy atom. The van der Waals surface area contributed by atoms with Crippen molar-refractivity contribution in [3.05, 3.63) is 0 Å². The number of hydrogen-bond acceptors (Lipinski definition) is 3. The van der Waals surface area contributed by atoms with Crippen LogP contribution < -0.4 is 10.6 Å². The van der Waals surface area contributed by atoms with Crippen LogP contribution in [0.25, 0.3) is 0 Å². The maximum absolute atomic E-state index is 12.0. The predicted octanol–water partition coefficient (Wildman–Crippen LogP) is 1.07. The summed E-state index contributed by atoms with van der Waals surface area (Å²) in [5, 5.41) is 6.39. The molecule has 3 aliphatic rings. The number of piperidine rings is 1. The highest BCUT2D eigenvalue weighted by atomic mass is 35.5. The van der Waals surface area contributed by atoms with Crippen LogP contribution in [0.15, 0.2) is 0 Å². The highest BCUT2D eigenvalue weighted by Crippen LogP contribution is 2.32. The minimum atomic E-state index is 0. The first kappa shape index (κ1) is 16.6. The van der Waals surface area contributed by atoms with E-state index >= 15 is 0 Å². The number of carbonyl (C=O) groups excluding carboxylic acids is 2. The summed E-state index contributed by atoms with van der Waals surface area (Å²) in [6, 6.07) is 1.25. The van der Waals surface area contributed by atoms with Crippen LogP contribution in [-0.4, -0.2) is 48.4 Å². The van der Waals surface area contributed by atoms with Crippen molar-refractivity contribution in [3.63, 3.8) is 0 Å². The SMILES string of the molecule is Cl.O=C(CC1CC2CCC(C1)N2)NCC(=O)N1CCCC1. The molecule has 3 heterocycles. The third-order valence-corrected chi connectivity index (χ3v) is 4.94. The minimum absolute atomic E-state index is 0. The summed E-state index contributed by atoms with van der Waals surface area (Å²) >= 11 is 0. The van der Waals surface area contributed by atoms with Crippen molar-refractivity contribution in [2.24, 2.45) is 5.92 Å². The average Bonchev–Trinajstić information content (AvgIpc) is 3.06. The Bertz CT molecular complexity index is 373. The zero-order valence-electron chi connectivity index (χ0n) is 12.5. The van der Waals surface area contributed by atoms with Crippen molar-refractivity contribution in [2.75, 3.05) is 19.6 Å². The predicted molar refractivity (Wildman–Crippen MR) is 83.4 cm³/mol. The lowest BCUT2D eigenvalue weighted by Crippen LogP contribution is -2.41. The van der Waals surface area contributed by atoms with Crippen molar-refractivity contribution in [1.29, 1.82) is 0 Å². The van der Waals surface area contributed by atoms with Gasteiger partial charge < -0.3 is 15.5 Å². The molecule has 0 aromatic rings. The van der Waals surface area contributed by atoms with Gasteiger partial charge in [0.25, 0.3) is 0 Å².